The molecule has 0 aliphatic carbocycles. The normalized spacial score (nSPS) is 11.2. The predicted molar refractivity (Wildman–Crippen MR) is 129 cm³/mol. The Balaban J connectivity index is 1.45. The first-order valence-electron chi connectivity index (χ1n) is 11.0. The number of benzene rings is 3. The smallest absolute Gasteiger partial charge is 0.416 e. The van der Waals surface area contributed by atoms with Gasteiger partial charge in [-0.1, -0.05) is 30.3 Å². The van der Waals surface area contributed by atoms with Crippen LogP contribution in [0.5, 0.6) is 5.75 Å². The third-order valence-electron chi connectivity index (χ3n) is 5.48. The number of hydrogen-bond acceptors (Lipinski definition) is 3. The number of anilines is 1. The summed E-state index contributed by atoms with van der Waals surface area (Å²) in [6.45, 7) is 2.30. The van der Waals surface area contributed by atoms with Crippen molar-refractivity contribution in [1.82, 2.24) is 4.98 Å². The maximum Gasteiger partial charge on any atom is 0.416 e. The van der Waals surface area contributed by atoms with E-state index in [-0.39, 0.29) is 5.91 Å². The van der Waals surface area contributed by atoms with Gasteiger partial charge in [0.05, 0.1) is 12.2 Å². The number of carbonyl (C=O) groups excluding carboxylic acids is 1. The van der Waals surface area contributed by atoms with Crippen molar-refractivity contribution in [2.75, 3.05) is 11.9 Å². The van der Waals surface area contributed by atoms with Crippen LogP contribution < -0.4 is 10.1 Å². The molecule has 0 radical (unpaired) electrons. The fraction of sp³-hybridized carbons (Fsp3) is 0.143. The molecule has 4 nitrogen and oxygen atoms in total. The lowest BCUT2D eigenvalue weighted by molar-refractivity contribution is -0.137. The summed E-state index contributed by atoms with van der Waals surface area (Å²) < 4.78 is 44.6. The zero-order valence-electron chi connectivity index (χ0n) is 19.0. The minimum Gasteiger partial charge on any atom is -0.493 e. The molecule has 0 aliphatic rings. The number of hydrogen-bond donors (Lipinski definition) is 1. The Morgan fingerprint density at radius 3 is 2.31 bits per heavy atom. The first-order chi connectivity index (χ1) is 16.8. The number of aromatic nitrogens is 1. The molecule has 0 bridgehead atoms. The van der Waals surface area contributed by atoms with Crippen molar-refractivity contribution in [3.63, 3.8) is 0 Å². The summed E-state index contributed by atoms with van der Waals surface area (Å²) in [5.74, 6) is 0.312. The van der Waals surface area contributed by atoms with Crippen LogP contribution in [-0.4, -0.2) is 17.5 Å². The molecule has 0 saturated carbocycles. The predicted octanol–water partition coefficient (Wildman–Crippen LogP) is 6.95. The van der Waals surface area contributed by atoms with Gasteiger partial charge in [-0.05, 0) is 78.2 Å². The molecule has 1 amide bonds. The number of alkyl halides is 3. The van der Waals surface area contributed by atoms with Crippen LogP contribution in [0.15, 0.2) is 91.1 Å². The summed E-state index contributed by atoms with van der Waals surface area (Å²) in [7, 11) is 0. The first-order valence-corrected chi connectivity index (χ1v) is 11.0. The zero-order chi connectivity index (χ0) is 24.8. The Morgan fingerprint density at radius 2 is 1.66 bits per heavy atom. The lowest BCUT2D eigenvalue weighted by Gasteiger charge is -2.14. The van der Waals surface area contributed by atoms with Gasteiger partial charge in [0.15, 0.2) is 0 Å². The molecule has 0 atom stereocenters. The highest BCUT2D eigenvalue weighted by Crippen LogP contribution is 2.33. The highest BCUT2D eigenvalue weighted by molar-refractivity contribution is 6.09. The van der Waals surface area contributed by atoms with Crippen molar-refractivity contribution in [2.24, 2.45) is 0 Å². The number of pyridine rings is 1. The van der Waals surface area contributed by atoms with E-state index in [1.54, 1.807) is 42.6 Å². The largest absolute Gasteiger partial charge is 0.493 e. The monoisotopic (exact) mass is 476 g/mol. The quantitative estimate of drug-likeness (QED) is 0.314. The average Bonchev–Trinajstić information content (AvgIpc) is 2.85. The van der Waals surface area contributed by atoms with E-state index in [0.29, 0.717) is 41.2 Å². The zero-order valence-corrected chi connectivity index (χ0v) is 19.0. The van der Waals surface area contributed by atoms with E-state index in [2.05, 4.69) is 10.3 Å². The topological polar surface area (TPSA) is 51.2 Å². The average molecular weight is 476 g/mol. The highest BCUT2D eigenvalue weighted by Gasteiger charge is 2.30. The number of carbonyl (C=O) groups is 1. The van der Waals surface area contributed by atoms with Crippen LogP contribution in [0, 0.1) is 6.92 Å². The molecule has 0 fully saturated rings. The Labute approximate surface area is 201 Å². The molecule has 0 saturated heterocycles. The number of nitrogens with one attached hydrogen (secondary N) is 1. The SMILES string of the molecule is Cc1cccc(C(=O)Nc2ccc(OCCc3ccccn3)cc2)c1-c1ccc(C(F)(F)F)cc1. The highest BCUT2D eigenvalue weighted by atomic mass is 19.4. The second kappa shape index (κ2) is 10.4. The molecular weight excluding hydrogens is 453 g/mol. The van der Waals surface area contributed by atoms with Crippen molar-refractivity contribution in [1.29, 1.82) is 0 Å². The second-order valence-electron chi connectivity index (χ2n) is 7.97. The van der Waals surface area contributed by atoms with Crippen molar-refractivity contribution in [2.45, 2.75) is 19.5 Å². The molecular formula is C28H23F3N2O2. The van der Waals surface area contributed by atoms with E-state index < -0.39 is 11.7 Å². The number of ether oxygens (including phenoxy) is 1. The van der Waals surface area contributed by atoms with E-state index in [1.807, 2.05) is 31.2 Å². The summed E-state index contributed by atoms with van der Waals surface area (Å²) in [6, 6.07) is 22.8. The molecule has 7 heteroatoms. The molecule has 0 unspecified atom stereocenters. The molecule has 4 aromatic rings. The third kappa shape index (κ3) is 6.06. The molecule has 3 aromatic carbocycles. The number of halogens is 3. The lowest BCUT2D eigenvalue weighted by Crippen LogP contribution is -2.14. The Bertz CT molecular complexity index is 1290. The molecule has 1 N–H and O–H groups in total. The van der Waals surface area contributed by atoms with Gasteiger partial charge in [0.2, 0.25) is 0 Å². The van der Waals surface area contributed by atoms with Gasteiger partial charge < -0.3 is 10.1 Å². The number of rotatable bonds is 7. The van der Waals surface area contributed by atoms with Gasteiger partial charge in [0.25, 0.3) is 5.91 Å². The molecule has 1 aromatic heterocycles. The molecule has 35 heavy (non-hydrogen) atoms. The van der Waals surface area contributed by atoms with Gasteiger partial charge in [-0.3, -0.25) is 9.78 Å². The number of nitrogens with zero attached hydrogens (tertiary/aromatic N) is 1. The maximum absolute atomic E-state index is 13.1. The van der Waals surface area contributed by atoms with Gasteiger partial charge in [0, 0.05) is 29.6 Å². The van der Waals surface area contributed by atoms with Crippen LogP contribution in [0.2, 0.25) is 0 Å². The summed E-state index contributed by atoms with van der Waals surface area (Å²) in [5.41, 5.74) is 3.08. The summed E-state index contributed by atoms with van der Waals surface area (Å²) >= 11 is 0. The van der Waals surface area contributed by atoms with Crippen LogP contribution in [0.25, 0.3) is 11.1 Å². The van der Waals surface area contributed by atoms with E-state index in [1.165, 1.54) is 12.1 Å². The molecule has 4 rings (SSSR count). The van der Waals surface area contributed by atoms with Crippen molar-refractivity contribution in [3.8, 4) is 16.9 Å². The maximum atomic E-state index is 13.1. The Morgan fingerprint density at radius 1 is 0.914 bits per heavy atom. The van der Waals surface area contributed by atoms with E-state index in [4.69, 9.17) is 4.74 Å². The van der Waals surface area contributed by atoms with Gasteiger partial charge in [-0.15, -0.1) is 0 Å². The third-order valence-corrected chi connectivity index (χ3v) is 5.48. The van der Waals surface area contributed by atoms with E-state index in [9.17, 15) is 18.0 Å². The minimum absolute atomic E-state index is 0.354. The van der Waals surface area contributed by atoms with E-state index in [0.717, 1.165) is 23.4 Å². The molecule has 0 spiro atoms. The molecule has 1 heterocycles. The van der Waals surface area contributed by atoms with Crippen LogP contribution in [0.1, 0.15) is 27.2 Å². The van der Waals surface area contributed by atoms with Gasteiger partial charge in [-0.25, -0.2) is 0 Å². The van der Waals surface area contributed by atoms with Gasteiger partial charge >= 0.3 is 6.18 Å². The van der Waals surface area contributed by atoms with Crippen LogP contribution in [0.4, 0.5) is 18.9 Å². The first kappa shape index (κ1) is 24.0. The molecule has 0 aliphatic heterocycles. The van der Waals surface area contributed by atoms with Crippen molar-refractivity contribution >= 4 is 11.6 Å². The number of aryl methyl sites for hydroxylation is 1. The van der Waals surface area contributed by atoms with Gasteiger partial charge in [0.1, 0.15) is 5.75 Å². The summed E-state index contributed by atoms with van der Waals surface area (Å²) in [6.07, 6.45) is -2.00. The number of amides is 1. The van der Waals surface area contributed by atoms with Crippen LogP contribution >= 0.6 is 0 Å². The lowest BCUT2D eigenvalue weighted by atomic mass is 9.94. The summed E-state index contributed by atoms with van der Waals surface area (Å²) in [5, 5.41) is 2.86. The second-order valence-corrected chi connectivity index (χ2v) is 7.97. The fourth-order valence-corrected chi connectivity index (χ4v) is 3.72. The van der Waals surface area contributed by atoms with E-state index >= 15 is 0 Å². The fourth-order valence-electron chi connectivity index (χ4n) is 3.72. The molecule has 178 valence electrons. The minimum atomic E-state index is -4.42. The standard InChI is InChI=1S/C28H23F3N2O2/c1-19-5-4-7-25(26(19)20-8-10-21(11-9-20)28(29,30)31)27(34)33-23-12-14-24(15-13-23)35-18-16-22-6-2-3-17-32-22/h2-15,17H,16,18H2,1H3,(H,33,34). The Kier molecular flexibility index (Phi) is 7.15. The summed E-state index contributed by atoms with van der Waals surface area (Å²) in [4.78, 5) is 17.3. The van der Waals surface area contributed by atoms with Crippen molar-refractivity contribution in [3.05, 3.63) is 114 Å². The van der Waals surface area contributed by atoms with Crippen LogP contribution in [0.3, 0.4) is 0 Å². The van der Waals surface area contributed by atoms with Gasteiger partial charge in [-0.2, -0.15) is 13.2 Å². The van der Waals surface area contributed by atoms with Crippen LogP contribution in [-0.2, 0) is 12.6 Å². The van der Waals surface area contributed by atoms with Crippen molar-refractivity contribution < 1.29 is 22.7 Å². The Hall–Kier alpha value is -4.13.